The highest BCUT2D eigenvalue weighted by molar-refractivity contribution is 6.01. The van der Waals surface area contributed by atoms with Crippen molar-refractivity contribution in [1.82, 2.24) is 0 Å². The first-order valence-corrected chi connectivity index (χ1v) is 8.69. The van der Waals surface area contributed by atoms with E-state index in [0.29, 0.717) is 41.8 Å². The minimum absolute atomic E-state index is 0.141. The second-order valence-corrected chi connectivity index (χ2v) is 6.22. The van der Waals surface area contributed by atoms with Crippen LogP contribution in [0.2, 0.25) is 0 Å². The zero-order valence-corrected chi connectivity index (χ0v) is 14.2. The highest BCUT2D eigenvalue weighted by Crippen LogP contribution is 2.35. The molecule has 0 aliphatic heterocycles. The van der Waals surface area contributed by atoms with Gasteiger partial charge in [0.15, 0.2) is 5.78 Å². The van der Waals surface area contributed by atoms with Crippen molar-refractivity contribution in [2.24, 2.45) is 0 Å². The van der Waals surface area contributed by atoms with E-state index in [9.17, 15) is 9.59 Å². The van der Waals surface area contributed by atoms with E-state index < -0.39 is 5.63 Å². The van der Waals surface area contributed by atoms with E-state index in [2.05, 4.69) is 0 Å². The molecule has 1 aliphatic rings. The lowest BCUT2D eigenvalue weighted by molar-refractivity contribution is -0.115. The summed E-state index contributed by atoms with van der Waals surface area (Å²) >= 11 is 0. The Kier molecular flexibility index (Phi) is 4.44. The molecule has 5 nitrogen and oxygen atoms in total. The number of ether oxygens (including phenoxy) is 1. The SMILES string of the molecule is O=C(CCCOc1c2ccoc2cc2oc(=O)ccc12)C1=CCCC=C1. The van der Waals surface area contributed by atoms with Gasteiger partial charge in [-0.05, 0) is 31.4 Å². The van der Waals surface area contributed by atoms with E-state index in [1.807, 2.05) is 24.3 Å². The largest absolute Gasteiger partial charge is 0.492 e. The summed E-state index contributed by atoms with van der Waals surface area (Å²) in [7, 11) is 0. The van der Waals surface area contributed by atoms with Crippen LogP contribution in [0.3, 0.4) is 0 Å². The molecule has 0 saturated carbocycles. The summed E-state index contributed by atoms with van der Waals surface area (Å²) in [5.74, 6) is 0.751. The summed E-state index contributed by atoms with van der Waals surface area (Å²) in [4.78, 5) is 23.7. The third-order valence-electron chi connectivity index (χ3n) is 4.42. The number of furan rings is 1. The average molecular weight is 350 g/mol. The van der Waals surface area contributed by atoms with Crippen molar-refractivity contribution in [3.05, 3.63) is 64.7 Å². The van der Waals surface area contributed by atoms with Crippen molar-refractivity contribution in [1.29, 1.82) is 0 Å². The van der Waals surface area contributed by atoms with Crippen LogP contribution in [0.5, 0.6) is 5.75 Å². The van der Waals surface area contributed by atoms with E-state index in [0.717, 1.165) is 23.8 Å². The lowest BCUT2D eigenvalue weighted by Crippen LogP contribution is -2.06. The normalized spacial score (nSPS) is 13.9. The summed E-state index contributed by atoms with van der Waals surface area (Å²) in [6.45, 7) is 0.390. The molecule has 1 aromatic carbocycles. The molecule has 4 rings (SSSR count). The van der Waals surface area contributed by atoms with Crippen LogP contribution >= 0.6 is 0 Å². The summed E-state index contributed by atoms with van der Waals surface area (Å²) in [6.07, 6.45) is 10.5. The van der Waals surface area contributed by atoms with Crippen LogP contribution in [0.4, 0.5) is 0 Å². The van der Waals surface area contributed by atoms with Gasteiger partial charge in [-0.1, -0.05) is 18.2 Å². The fourth-order valence-corrected chi connectivity index (χ4v) is 3.14. The number of hydrogen-bond donors (Lipinski definition) is 0. The van der Waals surface area contributed by atoms with Gasteiger partial charge in [-0.25, -0.2) is 4.79 Å². The van der Waals surface area contributed by atoms with Crippen LogP contribution in [0, 0.1) is 0 Å². The van der Waals surface area contributed by atoms with E-state index in [4.69, 9.17) is 13.6 Å². The van der Waals surface area contributed by atoms with Crippen LogP contribution in [-0.2, 0) is 4.79 Å². The number of rotatable bonds is 6. The van der Waals surface area contributed by atoms with Gasteiger partial charge in [0.05, 0.1) is 23.6 Å². The fourth-order valence-electron chi connectivity index (χ4n) is 3.14. The van der Waals surface area contributed by atoms with Gasteiger partial charge in [-0.2, -0.15) is 0 Å². The molecule has 0 fully saturated rings. The molecule has 0 amide bonds. The zero-order chi connectivity index (χ0) is 17.9. The van der Waals surface area contributed by atoms with Gasteiger partial charge >= 0.3 is 5.63 Å². The van der Waals surface area contributed by atoms with Gasteiger partial charge in [0.25, 0.3) is 0 Å². The maximum absolute atomic E-state index is 12.2. The van der Waals surface area contributed by atoms with E-state index in [1.165, 1.54) is 6.07 Å². The smallest absolute Gasteiger partial charge is 0.336 e. The first-order valence-electron chi connectivity index (χ1n) is 8.69. The average Bonchev–Trinajstić information content (AvgIpc) is 3.12. The summed E-state index contributed by atoms with van der Waals surface area (Å²) in [5, 5.41) is 1.53. The van der Waals surface area contributed by atoms with Gasteiger partial charge in [0.1, 0.15) is 16.9 Å². The summed E-state index contributed by atoms with van der Waals surface area (Å²) in [5.41, 5.74) is 1.38. The Labute approximate surface area is 149 Å². The number of hydrogen-bond acceptors (Lipinski definition) is 5. The van der Waals surface area contributed by atoms with Gasteiger partial charge in [-0.15, -0.1) is 0 Å². The molecule has 0 atom stereocenters. The van der Waals surface area contributed by atoms with Gasteiger partial charge in [-0.3, -0.25) is 4.79 Å². The Morgan fingerprint density at radius 2 is 2.00 bits per heavy atom. The Bertz CT molecular complexity index is 1080. The number of Topliss-reactive ketones (excluding diaryl/α,β-unsaturated/α-hetero) is 1. The van der Waals surface area contributed by atoms with Crippen molar-refractivity contribution in [3.8, 4) is 5.75 Å². The lowest BCUT2D eigenvalue weighted by atomic mass is 10.0. The molecular weight excluding hydrogens is 332 g/mol. The third kappa shape index (κ3) is 3.20. The molecule has 1 aliphatic carbocycles. The Balaban J connectivity index is 1.50. The van der Waals surface area contributed by atoms with Crippen LogP contribution < -0.4 is 10.4 Å². The van der Waals surface area contributed by atoms with Crippen molar-refractivity contribution < 1.29 is 18.4 Å². The second-order valence-electron chi connectivity index (χ2n) is 6.22. The standard InChI is InChI=1S/C21H18O5/c22-17(14-5-2-1-3-6-14)7-4-11-25-21-15-8-9-20(23)26-19(15)13-18-16(21)10-12-24-18/h2,5-6,8-10,12-13H,1,3-4,7,11H2. The van der Waals surface area contributed by atoms with E-state index in [-0.39, 0.29) is 5.78 Å². The number of carbonyl (C=O) groups is 1. The molecular formula is C21H18O5. The minimum atomic E-state index is -0.422. The quantitative estimate of drug-likeness (QED) is 0.482. The minimum Gasteiger partial charge on any atom is -0.492 e. The molecule has 3 aromatic rings. The van der Waals surface area contributed by atoms with Crippen molar-refractivity contribution in [2.75, 3.05) is 6.61 Å². The van der Waals surface area contributed by atoms with E-state index >= 15 is 0 Å². The first kappa shape index (κ1) is 16.4. The highest BCUT2D eigenvalue weighted by Gasteiger charge is 2.14. The molecule has 0 spiro atoms. The number of benzene rings is 1. The molecule has 0 unspecified atom stereocenters. The topological polar surface area (TPSA) is 69.7 Å². The van der Waals surface area contributed by atoms with Crippen LogP contribution in [0.25, 0.3) is 21.9 Å². The fraction of sp³-hybridized carbons (Fsp3) is 0.238. The number of ketones is 1. The van der Waals surface area contributed by atoms with Gasteiger partial charge < -0.3 is 13.6 Å². The van der Waals surface area contributed by atoms with Crippen LogP contribution in [-0.4, -0.2) is 12.4 Å². The molecule has 26 heavy (non-hydrogen) atoms. The number of carbonyl (C=O) groups excluding carboxylic acids is 1. The molecule has 0 saturated heterocycles. The Morgan fingerprint density at radius 1 is 1.12 bits per heavy atom. The molecule has 2 aromatic heterocycles. The van der Waals surface area contributed by atoms with Gasteiger partial charge in [0, 0.05) is 24.1 Å². The van der Waals surface area contributed by atoms with Crippen LogP contribution in [0.1, 0.15) is 25.7 Å². The maximum atomic E-state index is 12.2. The predicted molar refractivity (Wildman–Crippen MR) is 98.4 cm³/mol. The molecule has 2 heterocycles. The number of allylic oxidation sites excluding steroid dienone is 4. The van der Waals surface area contributed by atoms with Crippen LogP contribution in [0.15, 0.2) is 68.0 Å². The van der Waals surface area contributed by atoms with Crippen molar-refractivity contribution >= 4 is 27.7 Å². The van der Waals surface area contributed by atoms with Crippen molar-refractivity contribution in [3.63, 3.8) is 0 Å². The Morgan fingerprint density at radius 3 is 2.85 bits per heavy atom. The summed E-state index contributed by atoms with van der Waals surface area (Å²) in [6, 6.07) is 6.56. The first-order chi connectivity index (χ1) is 12.7. The Hall–Kier alpha value is -3.08. The molecule has 5 heteroatoms. The van der Waals surface area contributed by atoms with E-state index in [1.54, 1.807) is 18.4 Å². The second kappa shape index (κ2) is 7.04. The number of fused-ring (bicyclic) bond motifs is 2. The van der Waals surface area contributed by atoms with Crippen molar-refractivity contribution in [2.45, 2.75) is 25.7 Å². The molecule has 0 radical (unpaired) electrons. The molecule has 0 bridgehead atoms. The van der Waals surface area contributed by atoms with Gasteiger partial charge in [0.2, 0.25) is 0 Å². The summed E-state index contributed by atoms with van der Waals surface area (Å²) < 4.78 is 16.6. The lowest BCUT2D eigenvalue weighted by Gasteiger charge is -2.10. The molecule has 0 N–H and O–H groups in total. The maximum Gasteiger partial charge on any atom is 0.336 e. The monoisotopic (exact) mass is 350 g/mol. The predicted octanol–water partition coefficient (Wildman–Crippen LogP) is 4.54. The third-order valence-corrected chi connectivity index (χ3v) is 4.42. The zero-order valence-electron chi connectivity index (χ0n) is 14.2. The highest BCUT2D eigenvalue weighted by atomic mass is 16.5. The molecule has 132 valence electrons.